The van der Waals surface area contributed by atoms with E-state index in [0.717, 1.165) is 5.56 Å². The van der Waals surface area contributed by atoms with Gasteiger partial charge in [0.1, 0.15) is 17.2 Å². The van der Waals surface area contributed by atoms with Crippen LogP contribution in [0.4, 0.5) is 0 Å². The number of pyridine rings is 1. The summed E-state index contributed by atoms with van der Waals surface area (Å²) in [6.07, 6.45) is 1.64. The third-order valence-electron chi connectivity index (χ3n) is 4.64. The van der Waals surface area contributed by atoms with Crippen LogP contribution < -0.4 is 14.8 Å². The quantitative estimate of drug-likeness (QED) is 0.495. The summed E-state index contributed by atoms with van der Waals surface area (Å²) in [7, 11) is 1.59. The van der Waals surface area contributed by atoms with Crippen LogP contribution in [0.3, 0.4) is 0 Å². The van der Waals surface area contributed by atoms with Gasteiger partial charge in [-0.2, -0.15) is 0 Å². The molecule has 1 N–H and O–H groups in total. The molecule has 4 aromatic rings. The van der Waals surface area contributed by atoms with Crippen LogP contribution in [0.25, 0.3) is 5.69 Å². The summed E-state index contributed by atoms with van der Waals surface area (Å²) in [6, 6.07) is 20.4. The molecule has 0 bridgehead atoms. The molecule has 0 aliphatic heterocycles. The molecule has 0 fully saturated rings. The molecule has 0 unspecified atom stereocenters. The van der Waals surface area contributed by atoms with E-state index < -0.39 is 0 Å². The molecule has 0 radical (unpaired) electrons. The van der Waals surface area contributed by atoms with Gasteiger partial charge in [-0.15, -0.1) is 5.10 Å². The van der Waals surface area contributed by atoms with E-state index in [-0.39, 0.29) is 11.6 Å². The molecule has 2 aromatic carbocycles. The molecule has 0 aliphatic carbocycles. The lowest BCUT2D eigenvalue weighted by Crippen LogP contribution is -2.24. The fourth-order valence-electron chi connectivity index (χ4n) is 3.06. The Kier molecular flexibility index (Phi) is 5.89. The number of hydrogen-bond acceptors (Lipinski definition) is 6. The van der Waals surface area contributed by atoms with Crippen LogP contribution in [-0.4, -0.2) is 33.0 Å². The van der Waals surface area contributed by atoms with Crippen LogP contribution >= 0.6 is 0 Å². The maximum absolute atomic E-state index is 12.7. The van der Waals surface area contributed by atoms with Crippen LogP contribution in [0, 0.1) is 6.92 Å². The number of aromatic nitrogens is 4. The van der Waals surface area contributed by atoms with Gasteiger partial charge < -0.3 is 14.8 Å². The van der Waals surface area contributed by atoms with Crippen molar-refractivity contribution in [3.05, 3.63) is 89.9 Å². The molecular weight excluding hydrogens is 394 g/mol. The number of ether oxygens (including phenoxy) is 2. The lowest BCUT2D eigenvalue weighted by atomic mass is 10.2. The fourth-order valence-corrected chi connectivity index (χ4v) is 3.06. The van der Waals surface area contributed by atoms with Gasteiger partial charge in [-0.1, -0.05) is 35.5 Å². The molecule has 0 spiro atoms. The van der Waals surface area contributed by atoms with E-state index in [9.17, 15) is 4.79 Å². The van der Waals surface area contributed by atoms with Gasteiger partial charge >= 0.3 is 0 Å². The second-order valence-electron chi connectivity index (χ2n) is 6.71. The number of carbonyl (C=O) groups is 1. The van der Waals surface area contributed by atoms with Gasteiger partial charge in [-0.25, -0.2) is 9.67 Å². The molecule has 0 atom stereocenters. The van der Waals surface area contributed by atoms with Crippen molar-refractivity contribution in [2.45, 2.75) is 13.5 Å². The first-order valence-electron chi connectivity index (χ1n) is 9.67. The minimum atomic E-state index is -0.319. The molecule has 1 amide bonds. The number of benzene rings is 2. The fraction of sp³-hybridized carbons (Fsp3) is 0.130. The van der Waals surface area contributed by atoms with Gasteiger partial charge in [0.25, 0.3) is 5.91 Å². The van der Waals surface area contributed by atoms with Crippen molar-refractivity contribution in [1.82, 2.24) is 25.3 Å². The normalized spacial score (nSPS) is 10.5. The van der Waals surface area contributed by atoms with Gasteiger partial charge in [0.05, 0.1) is 12.8 Å². The molecule has 0 saturated carbocycles. The number of hydrogen-bond donors (Lipinski definition) is 1. The van der Waals surface area contributed by atoms with Crippen LogP contribution in [0.15, 0.2) is 72.9 Å². The highest BCUT2D eigenvalue weighted by molar-refractivity contribution is 5.93. The van der Waals surface area contributed by atoms with E-state index in [4.69, 9.17) is 9.47 Å². The van der Waals surface area contributed by atoms with Crippen LogP contribution in [0.2, 0.25) is 0 Å². The first-order valence-corrected chi connectivity index (χ1v) is 9.67. The number of amides is 1. The topological polar surface area (TPSA) is 91.2 Å². The Morgan fingerprint density at radius 2 is 1.84 bits per heavy atom. The lowest BCUT2D eigenvalue weighted by molar-refractivity contribution is 0.0945. The number of rotatable bonds is 7. The first-order chi connectivity index (χ1) is 15.2. The van der Waals surface area contributed by atoms with Gasteiger partial charge in [-0.05, 0) is 42.8 Å². The molecular formula is C23H21N5O3. The maximum atomic E-state index is 12.7. The Bertz CT molecular complexity index is 1190. The lowest BCUT2D eigenvalue weighted by Gasteiger charge is -2.09. The zero-order chi connectivity index (χ0) is 21.6. The number of carbonyl (C=O) groups excluding carboxylic acids is 1. The van der Waals surface area contributed by atoms with Gasteiger partial charge in [-0.3, -0.25) is 4.79 Å². The zero-order valence-corrected chi connectivity index (χ0v) is 17.1. The van der Waals surface area contributed by atoms with Gasteiger partial charge in [0.15, 0.2) is 5.69 Å². The van der Waals surface area contributed by atoms with Gasteiger partial charge in [0, 0.05) is 18.8 Å². The van der Waals surface area contributed by atoms with Gasteiger partial charge in [0.2, 0.25) is 5.88 Å². The van der Waals surface area contributed by atoms with Crippen LogP contribution in [-0.2, 0) is 6.54 Å². The first kappa shape index (κ1) is 20.1. The van der Waals surface area contributed by atoms with Crippen molar-refractivity contribution in [3.8, 4) is 23.1 Å². The van der Waals surface area contributed by atoms with Crippen molar-refractivity contribution in [2.24, 2.45) is 0 Å². The molecule has 0 saturated heterocycles. The summed E-state index contributed by atoms with van der Waals surface area (Å²) in [4.78, 5) is 16.9. The SMILES string of the molecule is COc1ccccc1-n1nnc(C(=O)NCc2ccnc(Oc3ccccc3)c2)c1C. The summed E-state index contributed by atoms with van der Waals surface area (Å²) in [5.74, 6) is 1.47. The second kappa shape index (κ2) is 9.08. The Morgan fingerprint density at radius 3 is 2.65 bits per heavy atom. The summed E-state index contributed by atoms with van der Waals surface area (Å²) in [5.41, 5.74) is 2.43. The maximum Gasteiger partial charge on any atom is 0.274 e. The highest BCUT2D eigenvalue weighted by Gasteiger charge is 2.19. The second-order valence-corrected chi connectivity index (χ2v) is 6.71. The third kappa shape index (κ3) is 4.53. The van der Waals surface area contributed by atoms with Crippen molar-refractivity contribution in [1.29, 1.82) is 0 Å². The van der Waals surface area contributed by atoms with Crippen LogP contribution in [0.1, 0.15) is 21.7 Å². The monoisotopic (exact) mass is 415 g/mol. The molecule has 0 aliphatic rings. The molecule has 8 nitrogen and oxygen atoms in total. The number of para-hydroxylation sites is 3. The number of nitrogens with one attached hydrogen (secondary N) is 1. The highest BCUT2D eigenvalue weighted by Crippen LogP contribution is 2.23. The van der Waals surface area contributed by atoms with Crippen molar-refractivity contribution in [3.63, 3.8) is 0 Å². The van der Waals surface area contributed by atoms with E-state index in [1.165, 1.54) is 0 Å². The van der Waals surface area contributed by atoms with Crippen molar-refractivity contribution in [2.75, 3.05) is 7.11 Å². The van der Waals surface area contributed by atoms with E-state index >= 15 is 0 Å². The predicted molar refractivity (Wildman–Crippen MR) is 115 cm³/mol. The van der Waals surface area contributed by atoms with E-state index in [1.54, 1.807) is 31.0 Å². The summed E-state index contributed by atoms with van der Waals surface area (Å²) in [6.45, 7) is 2.09. The highest BCUT2D eigenvalue weighted by atomic mass is 16.5. The molecule has 31 heavy (non-hydrogen) atoms. The molecule has 4 rings (SSSR count). The largest absolute Gasteiger partial charge is 0.494 e. The Balaban J connectivity index is 1.45. The standard InChI is InChI=1S/C23H21N5O3/c1-16-22(26-27-28(16)19-10-6-7-11-20(19)30-2)23(29)25-15-17-12-13-24-21(14-17)31-18-8-4-3-5-9-18/h3-14H,15H2,1-2H3,(H,25,29). The number of nitrogens with zero attached hydrogens (tertiary/aromatic N) is 4. The summed E-state index contributed by atoms with van der Waals surface area (Å²) >= 11 is 0. The molecule has 8 heteroatoms. The smallest absolute Gasteiger partial charge is 0.274 e. The molecule has 2 heterocycles. The predicted octanol–water partition coefficient (Wildman–Crippen LogP) is 3.70. The molecule has 2 aromatic heterocycles. The van der Waals surface area contributed by atoms with Crippen molar-refractivity contribution < 1.29 is 14.3 Å². The zero-order valence-electron chi connectivity index (χ0n) is 17.1. The van der Waals surface area contributed by atoms with Crippen molar-refractivity contribution >= 4 is 5.91 Å². The van der Waals surface area contributed by atoms with E-state index in [1.807, 2.05) is 60.7 Å². The summed E-state index contributed by atoms with van der Waals surface area (Å²) in [5, 5.41) is 11.1. The van der Waals surface area contributed by atoms with E-state index in [2.05, 4.69) is 20.6 Å². The average Bonchev–Trinajstić information content (AvgIpc) is 3.19. The summed E-state index contributed by atoms with van der Waals surface area (Å²) < 4.78 is 12.7. The number of methoxy groups -OCH3 is 1. The Morgan fingerprint density at radius 1 is 1.06 bits per heavy atom. The Hall–Kier alpha value is -4.20. The van der Waals surface area contributed by atoms with Crippen LogP contribution in [0.5, 0.6) is 17.4 Å². The average molecular weight is 415 g/mol. The third-order valence-corrected chi connectivity index (χ3v) is 4.64. The Labute approximate surface area is 179 Å². The molecule has 156 valence electrons. The minimum Gasteiger partial charge on any atom is -0.494 e. The van der Waals surface area contributed by atoms with E-state index in [0.29, 0.717) is 35.3 Å². The minimum absolute atomic E-state index is 0.251.